The lowest BCUT2D eigenvalue weighted by Crippen LogP contribution is -2.28. The minimum absolute atomic E-state index is 0.445. The van der Waals surface area contributed by atoms with Gasteiger partial charge in [-0.05, 0) is 119 Å². The molecule has 0 saturated heterocycles. The summed E-state index contributed by atoms with van der Waals surface area (Å²) in [6.07, 6.45) is 0. The molecule has 0 atom stereocenters. The highest BCUT2D eigenvalue weighted by Gasteiger charge is 2.46. The van der Waals surface area contributed by atoms with Crippen molar-refractivity contribution < 1.29 is 0 Å². The minimum Gasteiger partial charge on any atom is -0.310 e. The Balaban J connectivity index is 0.959. The summed E-state index contributed by atoms with van der Waals surface area (Å²) in [6.45, 7) is 0. The van der Waals surface area contributed by atoms with Gasteiger partial charge in [-0.1, -0.05) is 224 Å². The van der Waals surface area contributed by atoms with E-state index < -0.39 is 5.41 Å². The van der Waals surface area contributed by atoms with E-state index in [0.29, 0.717) is 0 Å². The van der Waals surface area contributed by atoms with Crippen LogP contribution in [0.1, 0.15) is 22.3 Å². The van der Waals surface area contributed by atoms with Crippen molar-refractivity contribution in [1.29, 1.82) is 0 Å². The van der Waals surface area contributed by atoms with Crippen LogP contribution in [-0.2, 0) is 5.41 Å². The third-order valence-corrected chi connectivity index (χ3v) is 13.4. The third kappa shape index (κ3) is 6.01. The molecule has 0 unspecified atom stereocenters. The summed E-state index contributed by atoms with van der Waals surface area (Å²) in [5, 5.41) is 5.09. The van der Waals surface area contributed by atoms with E-state index in [-0.39, 0.29) is 0 Å². The average Bonchev–Trinajstić information content (AvgIpc) is 3.69. The van der Waals surface area contributed by atoms with E-state index in [1.54, 1.807) is 0 Å². The molecule has 11 aromatic carbocycles. The molecular weight excluding hydrogens is 771 g/mol. The quantitative estimate of drug-likeness (QED) is 0.138. The Morgan fingerprint density at radius 1 is 0.281 bits per heavy atom. The maximum Gasteiger partial charge on any atom is 0.0713 e. The molecule has 0 fully saturated rings. The van der Waals surface area contributed by atoms with Gasteiger partial charge in [-0.3, -0.25) is 0 Å². The molecule has 0 heterocycles. The molecule has 64 heavy (non-hydrogen) atoms. The second kappa shape index (κ2) is 15.6. The highest BCUT2D eigenvalue weighted by atomic mass is 15.1. The molecule has 1 aliphatic rings. The van der Waals surface area contributed by atoms with Gasteiger partial charge in [-0.2, -0.15) is 0 Å². The molecule has 0 aromatic heterocycles. The first-order valence-corrected chi connectivity index (χ1v) is 22.2. The number of para-hydroxylation sites is 2. The molecule has 0 bridgehead atoms. The number of hydrogen-bond donors (Lipinski definition) is 0. The fourth-order valence-electron chi connectivity index (χ4n) is 10.6. The van der Waals surface area contributed by atoms with Crippen LogP contribution >= 0.6 is 0 Å². The first-order valence-electron chi connectivity index (χ1n) is 22.2. The highest BCUT2D eigenvalue weighted by Crippen LogP contribution is 2.58. The van der Waals surface area contributed by atoms with Crippen molar-refractivity contribution in [3.63, 3.8) is 0 Å². The number of benzene rings is 11. The molecule has 1 aliphatic carbocycles. The highest BCUT2D eigenvalue weighted by molar-refractivity contribution is 6.13. The molecule has 1 heteroatoms. The monoisotopic (exact) mass is 813 g/mol. The van der Waals surface area contributed by atoms with Gasteiger partial charge in [-0.25, -0.2) is 0 Å². The predicted molar refractivity (Wildman–Crippen MR) is 270 cm³/mol. The summed E-state index contributed by atoms with van der Waals surface area (Å²) < 4.78 is 0. The minimum atomic E-state index is -0.445. The smallest absolute Gasteiger partial charge is 0.0713 e. The Morgan fingerprint density at radius 3 is 1.45 bits per heavy atom. The van der Waals surface area contributed by atoms with Crippen LogP contribution in [0, 0.1) is 0 Å². The van der Waals surface area contributed by atoms with Crippen LogP contribution in [0.4, 0.5) is 17.1 Å². The summed E-state index contributed by atoms with van der Waals surface area (Å²) in [5.41, 5.74) is 17.8. The molecule has 0 amide bonds. The van der Waals surface area contributed by atoms with Crippen LogP contribution in [0.25, 0.3) is 66.1 Å². The Morgan fingerprint density at radius 2 is 0.750 bits per heavy atom. The van der Waals surface area contributed by atoms with Gasteiger partial charge < -0.3 is 4.90 Å². The standard InChI is InChI=1S/C63H43N/c1-4-20-48(21-5-1)63(49-22-6-2-7-23-49)59-32-16-14-30-57(59)62-54(31-18-33-60(62)63)45-39-41-51(42-40-45)64(50-24-8-3-9-25-50)61-34-17-15-27-53(61)44-35-37-46(38-36-44)58-43-47-19-10-11-26-52(47)55-28-12-13-29-56(55)58/h1-43H. The third-order valence-electron chi connectivity index (χ3n) is 13.4. The Labute approximate surface area is 374 Å². The maximum atomic E-state index is 2.39. The van der Waals surface area contributed by atoms with E-state index in [2.05, 4.69) is 266 Å². The molecule has 1 nitrogen and oxygen atoms in total. The summed E-state index contributed by atoms with van der Waals surface area (Å²) in [5.74, 6) is 0. The van der Waals surface area contributed by atoms with E-state index in [4.69, 9.17) is 0 Å². The lowest BCUT2D eigenvalue weighted by Gasteiger charge is -2.34. The van der Waals surface area contributed by atoms with Crippen LogP contribution in [0.15, 0.2) is 261 Å². The van der Waals surface area contributed by atoms with Crippen LogP contribution < -0.4 is 4.90 Å². The van der Waals surface area contributed by atoms with Gasteiger partial charge in [0.25, 0.3) is 0 Å². The van der Waals surface area contributed by atoms with Crippen molar-refractivity contribution in [2.45, 2.75) is 5.41 Å². The van der Waals surface area contributed by atoms with Gasteiger partial charge in [0.2, 0.25) is 0 Å². The molecular formula is C63H43N. The van der Waals surface area contributed by atoms with Gasteiger partial charge in [0, 0.05) is 16.9 Å². The number of fused-ring (bicyclic) bond motifs is 6. The number of hydrogen-bond acceptors (Lipinski definition) is 1. The Hall–Kier alpha value is -8.26. The first-order chi connectivity index (χ1) is 31.8. The largest absolute Gasteiger partial charge is 0.310 e. The van der Waals surface area contributed by atoms with E-state index in [9.17, 15) is 0 Å². The van der Waals surface area contributed by atoms with E-state index in [0.717, 1.165) is 17.1 Å². The van der Waals surface area contributed by atoms with E-state index in [1.165, 1.54) is 88.3 Å². The summed E-state index contributed by atoms with van der Waals surface area (Å²) in [6, 6.07) is 95.6. The fraction of sp³-hybridized carbons (Fsp3) is 0.0159. The van der Waals surface area contributed by atoms with Gasteiger partial charge in [-0.15, -0.1) is 0 Å². The SMILES string of the molecule is c1ccc(N(c2ccc(-c3cccc4c3-c3ccccc3C4(c3ccccc3)c3ccccc3)cc2)c2ccccc2-c2ccc(-c3cc4ccccc4c4ccccc34)cc2)cc1. The first kappa shape index (κ1) is 37.5. The number of anilines is 3. The molecule has 0 spiro atoms. The molecule has 300 valence electrons. The number of nitrogens with zero attached hydrogens (tertiary/aromatic N) is 1. The Kier molecular flexibility index (Phi) is 9.13. The van der Waals surface area contributed by atoms with Crippen molar-refractivity contribution in [3.05, 3.63) is 283 Å². The number of rotatable bonds is 8. The van der Waals surface area contributed by atoms with Crippen molar-refractivity contribution in [1.82, 2.24) is 0 Å². The summed E-state index contributed by atoms with van der Waals surface area (Å²) in [7, 11) is 0. The molecule has 11 aromatic rings. The molecule has 0 aliphatic heterocycles. The van der Waals surface area contributed by atoms with Crippen LogP contribution in [-0.4, -0.2) is 0 Å². The van der Waals surface area contributed by atoms with Gasteiger partial charge in [0.05, 0.1) is 11.1 Å². The maximum absolute atomic E-state index is 2.39. The molecule has 0 radical (unpaired) electrons. The zero-order valence-electron chi connectivity index (χ0n) is 35.3. The lowest BCUT2D eigenvalue weighted by molar-refractivity contribution is 0.768. The lowest BCUT2D eigenvalue weighted by atomic mass is 9.67. The van der Waals surface area contributed by atoms with Gasteiger partial charge in [0.1, 0.15) is 0 Å². The van der Waals surface area contributed by atoms with Crippen molar-refractivity contribution >= 4 is 38.6 Å². The zero-order valence-corrected chi connectivity index (χ0v) is 35.3. The molecule has 12 rings (SSSR count). The van der Waals surface area contributed by atoms with Crippen molar-refractivity contribution in [2.24, 2.45) is 0 Å². The summed E-state index contributed by atoms with van der Waals surface area (Å²) in [4.78, 5) is 2.39. The van der Waals surface area contributed by atoms with Gasteiger partial charge in [0.15, 0.2) is 0 Å². The van der Waals surface area contributed by atoms with Crippen molar-refractivity contribution in [3.8, 4) is 44.5 Å². The molecule has 0 saturated carbocycles. The topological polar surface area (TPSA) is 3.24 Å². The Bertz CT molecular complexity index is 3420. The van der Waals surface area contributed by atoms with Crippen molar-refractivity contribution in [2.75, 3.05) is 4.90 Å². The van der Waals surface area contributed by atoms with Crippen LogP contribution in [0.3, 0.4) is 0 Å². The van der Waals surface area contributed by atoms with E-state index >= 15 is 0 Å². The van der Waals surface area contributed by atoms with Crippen LogP contribution in [0.2, 0.25) is 0 Å². The fourth-order valence-corrected chi connectivity index (χ4v) is 10.6. The second-order valence-electron chi connectivity index (χ2n) is 16.8. The molecule has 0 N–H and O–H groups in total. The van der Waals surface area contributed by atoms with Crippen LogP contribution in [0.5, 0.6) is 0 Å². The predicted octanol–water partition coefficient (Wildman–Crippen LogP) is 16.8. The normalized spacial score (nSPS) is 12.5. The summed E-state index contributed by atoms with van der Waals surface area (Å²) >= 11 is 0. The zero-order chi connectivity index (χ0) is 42.5. The van der Waals surface area contributed by atoms with E-state index in [1.807, 2.05) is 0 Å². The second-order valence-corrected chi connectivity index (χ2v) is 16.8. The average molecular weight is 814 g/mol. The van der Waals surface area contributed by atoms with Gasteiger partial charge >= 0.3 is 0 Å².